The van der Waals surface area contributed by atoms with Gasteiger partial charge in [0, 0.05) is 16.7 Å². The fourth-order valence-corrected chi connectivity index (χ4v) is 4.93. The van der Waals surface area contributed by atoms with Gasteiger partial charge in [-0.05, 0) is 56.5 Å². The van der Waals surface area contributed by atoms with E-state index >= 15 is 0 Å². The van der Waals surface area contributed by atoms with Crippen molar-refractivity contribution in [2.75, 3.05) is 13.2 Å². The first-order chi connectivity index (χ1) is 13.6. The van der Waals surface area contributed by atoms with Crippen LogP contribution in [-0.4, -0.2) is 51.4 Å². The minimum Gasteiger partial charge on any atom is -0.598 e. The van der Waals surface area contributed by atoms with Gasteiger partial charge in [-0.2, -0.15) is 0 Å². The SMILES string of the molecule is CCOC1=N[C@H](C(C)C)C(OCC)=N[C@H]1[C@H](N[S+]([O-])C(C)(C)C)c1nc(Br)cs1. The molecule has 0 spiro atoms. The summed E-state index contributed by atoms with van der Waals surface area (Å²) in [6, 6.07) is -1.18. The van der Waals surface area contributed by atoms with Crippen molar-refractivity contribution in [2.45, 2.75) is 71.3 Å². The molecule has 7 nitrogen and oxygen atoms in total. The smallest absolute Gasteiger partial charge is 0.212 e. The highest BCUT2D eigenvalue weighted by Crippen LogP contribution is 2.31. The molecule has 1 unspecified atom stereocenters. The van der Waals surface area contributed by atoms with E-state index < -0.39 is 28.2 Å². The zero-order valence-corrected chi connectivity index (χ0v) is 21.3. The Morgan fingerprint density at radius 3 is 2.17 bits per heavy atom. The van der Waals surface area contributed by atoms with Crippen LogP contribution in [0.1, 0.15) is 59.5 Å². The van der Waals surface area contributed by atoms with Crippen molar-refractivity contribution in [1.29, 1.82) is 0 Å². The van der Waals surface area contributed by atoms with Crippen molar-refractivity contribution in [1.82, 2.24) is 9.71 Å². The summed E-state index contributed by atoms with van der Waals surface area (Å²) in [5, 5.41) is 2.66. The maximum Gasteiger partial charge on any atom is 0.212 e. The number of hydrogen-bond donors (Lipinski definition) is 1. The first-order valence-corrected chi connectivity index (χ1v) is 12.6. The Balaban J connectivity index is 2.50. The first kappa shape index (κ1) is 24.6. The molecule has 0 aromatic carbocycles. The molecular weight excluding hydrogens is 476 g/mol. The third-order valence-corrected chi connectivity index (χ3v) is 7.34. The Labute approximate surface area is 189 Å². The number of aromatic nitrogens is 1. The summed E-state index contributed by atoms with van der Waals surface area (Å²) in [6.45, 7) is 14.7. The van der Waals surface area contributed by atoms with Gasteiger partial charge in [-0.1, -0.05) is 13.8 Å². The van der Waals surface area contributed by atoms with Crippen LogP contribution in [0.15, 0.2) is 20.0 Å². The molecule has 0 aliphatic carbocycles. The molecule has 1 aromatic rings. The number of nitrogens with zero attached hydrogens (tertiary/aromatic N) is 3. The van der Waals surface area contributed by atoms with Gasteiger partial charge in [0.15, 0.2) is 6.04 Å². The minimum atomic E-state index is -1.33. The maximum atomic E-state index is 12.9. The van der Waals surface area contributed by atoms with E-state index in [0.717, 1.165) is 9.61 Å². The Kier molecular flexibility index (Phi) is 8.96. The normalized spacial score (nSPS) is 22.1. The van der Waals surface area contributed by atoms with Crippen molar-refractivity contribution in [3.05, 3.63) is 15.0 Å². The quantitative estimate of drug-likeness (QED) is 0.557. The molecule has 2 heterocycles. The molecule has 2 rings (SSSR count). The van der Waals surface area contributed by atoms with Crippen LogP contribution >= 0.6 is 27.3 Å². The standard InChI is InChI=1S/C19H31BrN4O3S2/c1-8-26-16-13(11(3)4)22-17(27-9-2)14(23-16)15(18-21-12(20)10-28-18)24-29(25)19(5,6)7/h10-11,13-15,24H,8-9H2,1-7H3/t13-,14+,15+,29?/m1/s1. The third-order valence-electron chi connectivity index (χ3n) is 4.12. The van der Waals surface area contributed by atoms with Crippen LogP contribution < -0.4 is 4.72 Å². The second-order valence-electron chi connectivity index (χ2n) is 7.92. The third kappa shape index (κ3) is 6.40. The monoisotopic (exact) mass is 506 g/mol. The summed E-state index contributed by atoms with van der Waals surface area (Å²) < 4.78 is 28.2. The lowest BCUT2D eigenvalue weighted by atomic mass is 10.0. The molecule has 0 saturated heterocycles. The van der Waals surface area contributed by atoms with Crippen LogP contribution in [0.25, 0.3) is 0 Å². The number of nitrogens with one attached hydrogen (secondary N) is 1. The van der Waals surface area contributed by atoms with Crippen LogP contribution in [0.3, 0.4) is 0 Å². The zero-order chi connectivity index (χ0) is 21.8. The largest absolute Gasteiger partial charge is 0.598 e. The summed E-state index contributed by atoms with van der Waals surface area (Å²) in [7, 11) is 0. The van der Waals surface area contributed by atoms with Gasteiger partial charge < -0.3 is 14.0 Å². The average molecular weight is 508 g/mol. The number of rotatable bonds is 7. The van der Waals surface area contributed by atoms with Crippen molar-refractivity contribution in [3.8, 4) is 0 Å². The molecule has 29 heavy (non-hydrogen) atoms. The van der Waals surface area contributed by atoms with Crippen molar-refractivity contribution < 1.29 is 14.0 Å². The Morgan fingerprint density at radius 2 is 1.72 bits per heavy atom. The number of thiazole rings is 1. The van der Waals surface area contributed by atoms with Gasteiger partial charge in [0.2, 0.25) is 11.8 Å². The van der Waals surface area contributed by atoms with Crippen LogP contribution in [0.2, 0.25) is 0 Å². The zero-order valence-electron chi connectivity index (χ0n) is 18.1. The van der Waals surface area contributed by atoms with E-state index in [9.17, 15) is 4.55 Å². The first-order valence-electron chi connectivity index (χ1n) is 9.78. The van der Waals surface area contributed by atoms with Crippen molar-refractivity contribution >= 4 is 50.4 Å². The van der Waals surface area contributed by atoms with Gasteiger partial charge in [0.1, 0.15) is 26.4 Å². The van der Waals surface area contributed by atoms with E-state index in [1.54, 1.807) is 0 Å². The lowest BCUT2D eigenvalue weighted by Crippen LogP contribution is -2.49. The fraction of sp³-hybridized carbons (Fsp3) is 0.737. The topological polar surface area (TPSA) is 91.2 Å². The molecule has 0 bridgehead atoms. The Morgan fingerprint density at radius 1 is 1.17 bits per heavy atom. The van der Waals surface area contributed by atoms with E-state index in [2.05, 4.69) is 39.5 Å². The molecule has 1 aliphatic rings. The highest BCUT2D eigenvalue weighted by Gasteiger charge is 2.42. The second-order valence-corrected chi connectivity index (χ2v) is 11.6. The molecule has 164 valence electrons. The summed E-state index contributed by atoms with van der Waals surface area (Å²) in [5.41, 5.74) is 0. The average Bonchev–Trinajstić information content (AvgIpc) is 3.06. The molecule has 0 fully saturated rings. The van der Waals surface area contributed by atoms with E-state index in [1.165, 1.54) is 11.3 Å². The van der Waals surface area contributed by atoms with Crippen molar-refractivity contribution in [2.24, 2.45) is 15.9 Å². The number of hydrogen-bond acceptors (Lipinski definition) is 8. The molecular formula is C19H31BrN4O3S2. The Hall–Kier alpha value is -0.680. The minimum absolute atomic E-state index is 0.204. The Bertz CT molecular complexity index is 733. The van der Waals surface area contributed by atoms with Crippen LogP contribution in [0, 0.1) is 5.92 Å². The molecule has 0 saturated carbocycles. The van der Waals surface area contributed by atoms with E-state index in [4.69, 9.17) is 19.5 Å². The molecule has 1 aliphatic heterocycles. The van der Waals surface area contributed by atoms with Gasteiger partial charge in [-0.15, -0.1) is 16.1 Å². The fourth-order valence-electron chi connectivity index (χ4n) is 2.68. The molecule has 1 aromatic heterocycles. The molecule has 1 N–H and O–H groups in total. The van der Waals surface area contributed by atoms with Crippen molar-refractivity contribution in [3.63, 3.8) is 0 Å². The van der Waals surface area contributed by atoms with Crippen LogP contribution in [0.4, 0.5) is 0 Å². The lowest BCUT2D eigenvalue weighted by molar-refractivity contribution is 0.270. The number of halogens is 1. The van der Waals surface area contributed by atoms with Gasteiger partial charge in [0.05, 0.1) is 13.2 Å². The molecule has 4 atom stereocenters. The maximum absolute atomic E-state index is 12.9. The molecule has 0 radical (unpaired) electrons. The summed E-state index contributed by atoms with van der Waals surface area (Å²) in [5.74, 6) is 1.31. The van der Waals surface area contributed by atoms with Gasteiger partial charge in [-0.25, -0.2) is 15.0 Å². The predicted octanol–water partition coefficient (Wildman–Crippen LogP) is 4.28. The number of aliphatic imine (C=N–C) groups is 2. The predicted molar refractivity (Wildman–Crippen MR) is 124 cm³/mol. The number of ether oxygens (including phenoxy) is 2. The van der Waals surface area contributed by atoms with Gasteiger partial charge >= 0.3 is 0 Å². The second kappa shape index (κ2) is 10.6. The highest BCUT2D eigenvalue weighted by atomic mass is 79.9. The summed E-state index contributed by atoms with van der Waals surface area (Å²) >= 11 is 3.55. The molecule has 10 heteroatoms. The van der Waals surface area contributed by atoms with E-state index in [1.807, 2.05) is 40.0 Å². The van der Waals surface area contributed by atoms with Crippen LogP contribution in [-0.2, 0) is 20.8 Å². The summed E-state index contributed by atoms with van der Waals surface area (Å²) in [6.07, 6.45) is 0. The summed E-state index contributed by atoms with van der Waals surface area (Å²) in [4.78, 5) is 14.3. The van der Waals surface area contributed by atoms with E-state index in [0.29, 0.717) is 25.0 Å². The lowest BCUT2D eigenvalue weighted by Gasteiger charge is -2.33. The molecule has 0 amide bonds. The van der Waals surface area contributed by atoms with Crippen LogP contribution in [0.5, 0.6) is 0 Å². The van der Waals surface area contributed by atoms with Gasteiger partial charge in [-0.3, -0.25) is 0 Å². The van der Waals surface area contributed by atoms with Gasteiger partial charge in [0.25, 0.3) is 0 Å². The van der Waals surface area contributed by atoms with E-state index in [-0.39, 0.29) is 12.0 Å². The highest BCUT2D eigenvalue weighted by molar-refractivity contribution is 9.10.